The van der Waals surface area contributed by atoms with E-state index in [2.05, 4.69) is 15.4 Å². The van der Waals surface area contributed by atoms with E-state index in [0.29, 0.717) is 17.8 Å². The van der Waals surface area contributed by atoms with E-state index in [1.807, 2.05) is 0 Å². The lowest BCUT2D eigenvalue weighted by molar-refractivity contribution is -0.144. The summed E-state index contributed by atoms with van der Waals surface area (Å²) in [7, 11) is 0. The van der Waals surface area contributed by atoms with Gasteiger partial charge in [-0.1, -0.05) is 11.6 Å². The molecule has 0 aliphatic heterocycles. The molecule has 0 aliphatic carbocycles. The van der Waals surface area contributed by atoms with Gasteiger partial charge in [-0.25, -0.2) is 9.67 Å². The topological polar surface area (TPSA) is 125 Å². The van der Waals surface area contributed by atoms with Crippen molar-refractivity contribution in [3.05, 3.63) is 69.6 Å². The van der Waals surface area contributed by atoms with Gasteiger partial charge in [0.15, 0.2) is 0 Å². The lowest BCUT2D eigenvalue weighted by Crippen LogP contribution is -2.36. The van der Waals surface area contributed by atoms with Crippen molar-refractivity contribution in [3.8, 4) is 5.69 Å². The van der Waals surface area contributed by atoms with E-state index in [9.17, 15) is 27.6 Å². The molecule has 13 heteroatoms. The van der Waals surface area contributed by atoms with Crippen LogP contribution in [0.4, 0.5) is 18.9 Å². The van der Waals surface area contributed by atoms with Crippen LogP contribution >= 0.6 is 11.6 Å². The Morgan fingerprint density at radius 3 is 2.53 bits per heavy atom. The smallest absolute Gasteiger partial charge is 0.365 e. The quantitative estimate of drug-likeness (QED) is 0.626. The van der Waals surface area contributed by atoms with Crippen molar-refractivity contribution in [2.24, 2.45) is 5.73 Å². The number of nitrogens with one attached hydrogen (secondary N) is 1. The number of carbonyl (C=O) groups is 2. The Labute approximate surface area is 170 Å². The minimum Gasteiger partial charge on any atom is -0.365 e. The summed E-state index contributed by atoms with van der Waals surface area (Å²) in [6, 6.07) is 5.55. The van der Waals surface area contributed by atoms with Crippen molar-refractivity contribution >= 4 is 29.1 Å². The number of hydrogen-bond acceptors (Lipinski definition) is 5. The maximum Gasteiger partial charge on any atom is 0.431 e. The van der Waals surface area contributed by atoms with Crippen LogP contribution in [0.15, 0.2) is 47.8 Å². The number of alkyl halides is 3. The van der Waals surface area contributed by atoms with E-state index in [1.165, 1.54) is 35.5 Å². The highest BCUT2D eigenvalue weighted by atomic mass is 35.5. The molecule has 0 atom stereocenters. The highest BCUT2D eigenvalue weighted by molar-refractivity contribution is 6.31. The summed E-state index contributed by atoms with van der Waals surface area (Å²) < 4.78 is 41.3. The van der Waals surface area contributed by atoms with Crippen LogP contribution in [-0.4, -0.2) is 31.1 Å². The number of aromatic nitrogens is 4. The van der Waals surface area contributed by atoms with Crippen LogP contribution in [0.1, 0.15) is 16.1 Å². The molecule has 0 saturated carbocycles. The SMILES string of the molecule is NC(=O)c1ccc(C(F)(F)F)n(CC(=O)Nc2cc(Cl)ccc2-n2cncn2)c1=O. The van der Waals surface area contributed by atoms with Gasteiger partial charge < -0.3 is 11.1 Å². The molecule has 0 unspecified atom stereocenters. The first-order valence-electron chi connectivity index (χ1n) is 8.13. The van der Waals surface area contributed by atoms with Crippen LogP contribution in [0.2, 0.25) is 5.02 Å². The van der Waals surface area contributed by atoms with Gasteiger partial charge in [-0.05, 0) is 30.3 Å². The minimum atomic E-state index is -4.95. The van der Waals surface area contributed by atoms with E-state index < -0.39 is 41.4 Å². The number of halogens is 4. The van der Waals surface area contributed by atoms with Crippen LogP contribution < -0.4 is 16.6 Å². The highest BCUT2D eigenvalue weighted by Crippen LogP contribution is 2.29. The molecule has 3 N–H and O–H groups in total. The third kappa shape index (κ3) is 4.33. The Balaban J connectivity index is 1.98. The van der Waals surface area contributed by atoms with Gasteiger partial charge in [0.25, 0.3) is 11.5 Å². The number of nitrogens with two attached hydrogens (primary N) is 1. The first-order valence-corrected chi connectivity index (χ1v) is 8.51. The molecule has 0 saturated heterocycles. The number of rotatable bonds is 5. The summed E-state index contributed by atoms with van der Waals surface area (Å²) in [6.45, 7) is -1.03. The van der Waals surface area contributed by atoms with Crippen molar-refractivity contribution in [2.45, 2.75) is 12.7 Å². The summed E-state index contributed by atoms with van der Waals surface area (Å²) in [5.74, 6) is -2.20. The summed E-state index contributed by atoms with van der Waals surface area (Å²) >= 11 is 5.94. The van der Waals surface area contributed by atoms with Gasteiger partial charge in [0.2, 0.25) is 5.91 Å². The van der Waals surface area contributed by atoms with Gasteiger partial charge >= 0.3 is 6.18 Å². The number of carbonyl (C=O) groups excluding carboxylic acids is 2. The van der Waals surface area contributed by atoms with E-state index in [1.54, 1.807) is 0 Å². The summed E-state index contributed by atoms with van der Waals surface area (Å²) in [5.41, 5.74) is 2.05. The monoisotopic (exact) mass is 440 g/mol. The number of pyridine rings is 1. The molecule has 156 valence electrons. The van der Waals surface area contributed by atoms with Gasteiger partial charge in [-0.3, -0.25) is 19.0 Å². The Bertz CT molecular complexity index is 1170. The first kappa shape index (κ1) is 21.0. The summed E-state index contributed by atoms with van der Waals surface area (Å²) in [6.07, 6.45) is -2.37. The van der Waals surface area contributed by atoms with Gasteiger partial charge in [-0.15, -0.1) is 0 Å². The molecular weight excluding hydrogens is 429 g/mol. The van der Waals surface area contributed by atoms with Crippen molar-refractivity contribution in [2.75, 3.05) is 5.32 Å². The Hall–Kier alpha value is -3.67. The zero-order valence-electron chi connectivity index (χ0n) is 14.9. The van der Waals surface area contributed by atoms with E-state index in [0.717, 1.165) is 0 Å². The van der Waals surface area contributed by atoms with Crippen molar-refractivity contribution < 1.29 is 22.8 Å². The number of primary amides is 1. The Kier molecular flexibility index (Phi) is 5.60. The zero-order valence-corrected chi connectivity index (χ0v) is 15.6. The molecule has 2 aromatic heterocycles. The largest absolute Gasteiger partial charge is 0.431 e. The molecule has 3 aromatic rings. The Morgan fingerprint density at radius 1 is 1.20 bits per heavy atom. The van der Waals surface area contributed by atoms with Crippen LogP contribution in [0.3, 0.4) is 0 Å². The molecular formula is C17H12ClF3N6O3. The molecule has 1 aromatic carbocycles. The van der Waals surface area contributed by atoms with Gasteiger partial charge in [0.05, 0.1) is 11.4 Å². The second kappa shape index (κ2) is 7.99. The average molecular weight is 441 g/mol. The van der Waals surface area contributed by atoms with E-state index >= 15 is 0 Å². The molecule has 2 amide bonds. The molecule has 9 nitrogen and oxygen atoms in total. The van der Waals surface area contributed by atoms with Crippen molar-refractivity contribution in [3.63, 3.8) is 0 Å². The molecule has 0 radical (unpaired) electrons. The standard InChI is InChI=1S/C17H12ClF3N6O3/c18-9-1-3-12(27-8-23-7-24-27)11(5-9)25-14(28)6-26-13(17(19,20)21)4-2-10(15(22)29)16(26)30/h1-5,7-8H,6H2,(H2,22,29)(H,25,28). The van der Waals surface area contributed by atoms with Crippen LogP contribution in [0.25, 0.3) is 5.69 Å². The molecule has 0 bridgehead atoms. The fourth-order valence-electron chi connectivity index (χ4n) is 2.64. The third-order valence-corrected chi connectivity index (χ3v) is 4.17. The van der Waals surface area contributed by atoms with Crippen LogP contribution in [0.5, 0.6) is 0 Å². The fourth-order valence-corrected chi connectivity index (χ4v) is 2.82. The lowest BCUT2D eigenvalue weighted by atomic mass is 10.2. The molecule has 3 rings (SSSR count). The zero-order chi connectivity index (χ0) is 22.1. The maximum absolute atomic E-state index is 13.3. The van der Waals surface area contributed by atoms with Gasteiger partial charge in [-0.2, -0.15) is 18.3 Å². The number of anilines is 1. The molecule has 0 aliphatic rings. The molecule has 30 heavy (non-hydrogen) atoms. The fraction of sp³-hybridized carbons (Fsp3) is 0.118. The van der Waals surface area contributed by atoms with E-state index in [4.69, 9.17) is 17.3 Å². The minimum absolute atomic E-state index is 0.116. The normalized spacial score (nSPS) is 11.3. The predicted molar refractivity (Wildman–Crippen MR) is 99.2 cm³/mol. The predicted octanol–water partition coefficient (Wildman–Crippen LogP) is 1.84. The maximum atomic E-state index is 13.3. The lowest BCUT2D eigenvalue weighted by Gasteiger charge is -2.17. The first-order chi connectivity index (χ1) is 14.1. The molecule has 0 spiro atoms. The van der Waals surface area contributed by atoms with E-state index in [-0.39, 0.29) is 15.3 Å². The average Bonchev–Trinajstić information content (AvgIpc) is 3.16. The summed E-state index contributed by atoms with van der Waals surface area (Å²) in [5, 5.41) is 6.54. The number of amides is 2. The number of benzene rings is 1. The highest BCUT2D eigenvalue weighted by Gasteiger charge is 2.35. The van der Waals surface area contributed by atoms with Gasteiger partial charge in [0, 0.05) is 5.02 Å². The molecule has 0 fully saturated rings. The number of hydrogen-bond donors (Lipinski definition) is 2. The Morgan fingerprint density at radius 2 is 1.93 bits per heavy atom. The third-order valence-electron chi connectivity index (χ3n) is 3.93. The second-order valence-corrected chi connectivity index (χ2v) is 6.37. The van der Waals surface area contributed by atoms with Crippen molar-refractivity contribution in [1.29, 1.82) is 0 Å². The van der Waals surface area contributed by atoms with Gasteiger partial charge in [0.1, 0.15) is 30.5 Å². The molecule has 2 heterocycles. The number of nitrogens with zero attached hydrogens (tertiary/aromatic N) is 4. The second-order valence-electron chi connectivity index (χ2n) is 5.94. The van der Waals surface area contributed by atoms with Crippen LogP contribution in [0, 0.1) is 0 Å². The van der Waals surface area contributed by atoms with Crippen molar-refractivity contribution in [1.82, 2.24) is 19.3 Å². The summed E-state index contributed by atoms with van der Waals surface area (Å²) in [4.78, 5) is 39.9. The van der Waals surface area contributed by atoms with Crippen LogP contribution in [-0.2, 0) is 17.5 Å².